The molecule has 0 saturated heterocycles. The predicted molar refractivity (Wildman–Crippen MR) is 83.6 cm³/mol. The maximum absolute atomic E-state index is 11.0. The lowest BCUT2D eigenvalue weighted by Gasteiger charge is -2.28. The Morgan fingerprint density at radius 3 is 3.10 bits per heavy atom. The van der Waals surface area contributed by atoms with Gasteiger partial charge in [0.1, 0.15) is 5.75 Å². The molecule has 0 saturated carbocycles. The molecule has 0 fully saturated rings. The van der Waals surface area contributed by atoms with Crippen LogP contribution in [0.15, 0.2) is 29.8 Å². The molecule has 0 aliphatic heterocycles. The van der Waals surface area contributed by atoms with E-state index in [2.05, 4.69) is 16.4 Å². The van der Waals surface area contributed by atoms with E-state index in [1.165, 1.54) is 22.5 Å². The van der Waals surface area contributed by atoms with Crippen molar-refractivity contribution in [2.75, 3.05) is 13.6 Å². The first-order valence-corrected chi connectivity index (χ1v) is 8.17. The van der Waals surface area contributed by atoms with Crippen molar-refractivity contribution in [3.8, 4) is 5.75 Å². The van der Waals surface area contributed by atoms with E-state index in [9.17, 15) is 5.11 Å². The van der Waals surface area contributed by atoms with Crippen molar-refractivity contribution in [2.45, 2.75) is 31.5 Å². The highest BCUT2D eigenvalue weighted by Crippen LogP contribution is 2.36. The number of hydrogen-bond acceptors (Lipinski definition) is 5. The van der Waals surface area contributed by atoms with Crippen molar-refractivity contribution in [1.82, 2.24) is 10.3 Å². The van der Waals surface area contributed by atoms with E-state index < -0.39 is 5.79 Å². The maximum atomic E-state index is 11.0. The van der Waals surface area contributed by atoms with Crippen molar-refractivity contribution < 1.29 is 9.84 Å². The van der Waals surface area contributed by atoms with Gasteiger partial charge in [-0.1, -0.05) is 12.1 Å². The first kappa shape index (κ1) is 14.5. The molecular weight excluding hydrogens is 284 g/mol. The number of aryl methyl sites for hydroxylation is 1. The van der Waals surface area contributed by atoms with Crippen molar-refractivity contribution in [2.24, 2.45) is 0 Å². The van der Waals surface area contributed by atoms with Crippen LogP contribution in [0, 0.1) is 0 Å². The Bertz CT molecular complexity index is 600. The minimum atomic E-state index is -1.37. The average molecular weight is 304 g/mol. The summed E-state index contributed by atoms with van der Waals surface area (Å²) >= 11 is 1.42. The van der Waals surface area contributed by atoms with Gasteiger partial charge in [-0.05, 0) is 43.5 Å². The van der Waals surface area contributed by atoms with Crippen LogP contribution in [-0.2, 0) is 18.6 Å². The standard InChI is InChI=1S/C16H20N2O2S/c1-17-9-8-16(19,15-18-10-11-21-15)20-14-7-3-5-12-4-2-6-13(12)14/h3,5,7,10-11,17,19H,2,4,6,8-9H2,1H3/t16-/m1/s1. The summed E-state index contributed by atoms with van der Waals surface area (Å²) in [5.41, 5.74) is 2.57. The molecule has 1 aromatic heterocycles. The number of nitrogens with one attached hydrogen (secondary N) is 1. The van der Waals surface area contributed by atoms with Crippen LogP contribution in [0.5, 0.6) is 5.75 Å². The van der Waals surface area contributed by atoms with Crippen molar-refractivity contribution in [3.05, 3.63) is 45.9 Å². The van der Waals surface area contributed by atoms with Crippen LogP contribution in [-0.4, -0.2) is 23.7 Å². The molecule has 3 rings (SSSR count). The number of aliphatic hydroxyl groups is 1. The van der Waals surface area contributed by atoms with Crippen LogP contribution in [0.2, 0.25) is 0 Å². The highest BCUT2D eigenvalue weighted by molar-refractivity contribution is 7.09. The third-order valence-electron chi connectivity index (χ3n) is 3.86. The van der Waals surface area contributed by atoms with Gasteiger partial charge in [0.25, 0.3) is 5.79 Å². The van der Waals surface area contributed by atoms with Crippen LogP contribution in [0.4, 0.5) is 0 Å². The SMILES string of the molecule is CNCC[C@@](O)(Oc1cccc2c1CCC2)c1nccs1. The fraction of sp³-hybridized carbons (Fsp3) is 0.438. The summed E-state index contributed by atoms with van der Waals surface area (Å²) in [5.74, 6) is -0.576. The van der Waals surface area contributed by atoms with Gasteiger partial charge in [0.15, 0.2) is 5.01 Å². The minimum Gasteiger partial charge on any atom is -0.455 e. The Morgan fingerprint density at radius 1 is 1.43 bits per heavy atom. The summed E-state index contributed by atoms with van der Waals surface area (Å²) in [4.78, 5) is 4.25. The molecule has 1 aliphatic rings. The van der Waals surface area contributed by atoms with E-state index in [0.717, 1.165) is 25.0 Å². The first-order chi connectivity index (χ1) is 10.2. The summed E-state index contributed by atoms with van der Waals surface area (Å²) in [6.07, 6.45) is 5.43. The molecule has 112 valence electrons. The van der Waals surface area contributed by atoms with E-state index >= 15 is 0 Å². The molecule has 0 radical (unpaired) electrons. The molecule has 1 atom stereocenters. The topological polar surface area (TPSA) is 54.4 Å². The molecule has 0 unspecified atom stereocenters. The van der Waals surface area contributed by atoms with Gasteiger partial charge in [-0.25, -0.2) is 4.98 Å². The van der Waals surface area contributed by atoms with E-state index in [4.69, 9.17) is 4.74 Å². The number of nitrogens with zero attached hydrogens (tertiary/aromatic N) is 1. The number of hydrogen-bond donors (Lipinski definition) is 2. The molecule has 1 aliphatic carbocycles. The molecule has 0 spiro atoms. The fourth-order valence-corrected chi connectivity index (χ4v) is 3.47. The van der Waals surface area contributed by atoms with Gasteiger partial charge < -0.3 is 15.2 Å². The predicted octanol–water partition coefficient (Wildman–Crippen LogP) is 2.47. The summed E-state index contributed by atoms with van der Waals surface area (Å²) in [7, 11) is 1.86. The first-order valence-electron chi connectivity index (χ1n) is 7.30. The number of aromatic nitrogens is 1. The molecule has 21 heavy (non-hydrogen) atoms. The molecule has 0 amide bonds. The van der Waals surface area contributed by atoms with Gasteiger partial charge in [0.2, 0.25) is 0 Å². The molecule has 2 N–H and O–H groups in total. The Balaban J connectivity index is 1.90. The second-order valence-corrected chi connectivity index (χ2v) is 6.22. The Hall–Kier alpha value is -1.43. The lowest BCUT2D eigenvalue weighted by Crippen LogP contribution is -2.36. The molecule has 1 aromatic carbocycles. The summed E-state index contributed by atoms with van der Waals surface area (Å²) in [6.45, 7) is 0.658. The molecule has 5 heteroatoms. The van der Waals surface area contributed by atoms with Crippen LogP contribution in [0.25, 0.3) is 0 Å². The Morgan fingerprint density at radius 2 is 2.33 bits per heavy atom. The normalized spacial score (nSPS) is 16.5. The molecule has 2 aromatic rings. The third kappa shape index (κ3) is 2.95. The second-order valence-electron chi connectivity index (χ2n) is 5.32. The van der Waals surface area contributed by atoms with Crippen molar-refractivity contribution in [3.63, 3.8) is 0 Å². The van der Waals surface area contributed by atoms with Gasteiger partial charge >= 0.3 is 0 Å². The molecule has 0 bridgehead atoms. The average Bonchev–Trinajstić information content (AvgIpc) is 3.16. The van der Waals surface area contributed by atoms with Crippen LogP contribution >= 0.6 is 11.3 Å². The largest absolute Gasteiger partial charge is 0.455 e. The summed E-state index contributed by atoms with van der Waals surface area (Å²) in [5, 5.41) is 16.5. The summed E-state index contributed by atoms with van der Waals surface area (Å²) in [6, 6.07) is 6.09. The lowest BCUT2D eigenvalue weighted by atomic mass is 10.1. The van der Waals surface area contributed by atoms with Crippen LogP contribution in [0.1, 0.15) is 29.0 Å². The maximum Gasteiger partial charge on any atom is 0.262 e. The fourth-order valence-electron chi connectivity index (χ4n) is 2.77. The van der Waals surface area contributed by atoms with Crippen molar-refractivity contribution in [1.29, 1.82) is 0 Å². The van der Waals surface area contributed by atoms with Gasteiger partial charge in [0.05, 0.1) is 0 Å². The molecule has 4 nitrogen and oxygen atoms in total. The van der Waals surface area contributed by atoms with E-state index in [1.54, 1.807) is 6.20 Å². The van der Waals surface area contributed by atoms with E-state index in [0.29, 0.717) is 18.0 Å². The summed E-state index contributed by atoms with van der Waals surface area (Å²) < 4.78 is 6.05. The zero-order valence-electron chi connectivity index (χ0n) is 12.1. The number of rotatable bonds is 6. The molecular formula is C16H20N2O2S. The highest BCUT2D eigenvalue weighted by Gasteiger charge is 2.35. The Kier molecular flexibility index (Phi) is 4.24. The highest BCUT2D eigenvalue weighted by atomic mass is 32.1. The van der Waals surface area contributed by atoms with Gasteiger partial charge in [-0.3, -0.25) is 0 Å². The van der Waals surface area contributed by atoms with Gasteiger partial charge in [-0.15, -0.1) is 11.3 Å². The van der Waals surface area contributed by atoms with E-state index in [-0.39, 0.29) is 0 Å². The van der Waals surface area contributed by atoms with Gasteiger partial charge in [0, 0.05) is 24.5 Å². The quantitative estimate of drug-likeness (QED) is 0.805. The number of fused-ring (bicyclic) bond motifs is 1. The number of benzene rings is 1. The minimum absolute atomic E-state index is 0.459. The van der Waals surface area contributed by atoms with Crippen molar-refractivity contribution >= 4 is 11.3 Å². The van der Waals surface area contributed by atoms with Crippen LogP contribution in [0.3, 0.4) is 0 Å². The number of thiazole rings is 1. The lowest BCUT2D eigenvalue weighted by molar-refractivity contribution is -0.150. The zero-order chi connectivity index (χ0) is 14.7. The second kappa shape index (κ2) is 6.13. The smallest absolute Gasteiger partial charge is 0.262 e. The monoisotopic (exact) mass is 304 g/mol. The van der Waals surface area contributed by atoms with Crippen LogP contribution < -0.4 is 10.1 Å². The zero-order valence-corrected chi connectivity index (χ0v) is 12.9. The number of ether oxygens (including phenoxy) is 1. The van der Waals surface area contributed by atoms with E-state index in [1.807, 2.05) is 24.6 Å². The Labute approximate surface area is 128 Å². The molecule has 1 heterocycles. The third-order valence-corrected chi connectivity index (χ3v) is 4.77. The van der Waals surface area contributed by atoms with Gasteiger partial charge in [-0.2, -0.15) is 0 Å².